The first-order valence-corrected chi connectivity index (χ1v) is 21.3. The number of thiophene rings is 1. The third-order valence-electron chi connectivity index (χ3n) is 12.2. The van der Waals surface area contributed by atoms with Crippen LogP contribution < -0.4 is 0 Å². The third-order valence-corrected chi connectivity index (χ3v) is 13.3. The number of nitrogens with zero attached hydrogens (tertiary/aromatic N) is 3. The van der Waals surface area contributed by atoms with E-state index in [4.69, 9.17) is 19.4 Å². The van der Waals surface area contributed by atoms with Crippen LogP contribution in [0, 0.1) is 5.92 Å². The van der Waals surface area contributed by atoms with E-state index < -0.39 is 0 Å². The molecule has 280 valence electrons. The number of fused-ring (bicyclic) bond motifs is 9. The van der Waals surface area contributed by atoms with Crippen LogP contribution in [0.5, 0.6) is 0 Å². The number of benzene rings is 7. The number of rotatable bonds is 5. The van der Waals surface area contributed by atoms with Gasteiger partial charge in [0.1, 0.15) is 11.2 Å². The quantitative estimate of drug-likeness (QED) is 0.175. The molecule has 0 N–H and O–H groups in total. The van der Waals surface area contributed by atoms with Crippen LogP contribution in [-0.4, -0.2) is 15.0 Å². The van der Waals surface area contributed by atoms with Crippen molar-refractivity contribution in [2.24, 2.45) is 5.92 Å². The van der Waals surface area contributed by atoms with Gasteiger partial charge in [0.15, 0.2) is 17.5 Å². The van der Waals surface area contributed by atoms with E-state index in [0.29, 0.717) is 23.4 Å². The van der Waals surface area contributed by atoms with Crippen LogP contribution in [0.25, 0.3) is 104 Å². The molecule has 3 aromatic heterocycles. The molecule has 5 heteroatoms. The average molecular weight is 776 g/mol. The van der Waals surface area contributed by atoms with Gasteiger partial charge in [-0.25, -0.2) is 15.0 Å². The smallest absolute Gasteiger partial charge is 0.164 e. The molecule has 10 aromatic rings. The Kier molecular flexibility index (Phi) is 7.85. The Bertz CT molecular complexity index is 3440. The van der Waals surface area contributed by atoms with Gasteiger partial charge in [-0.1, -0.05) is 134 Å². The number of allylic oxidation sites excluding steroid dienone is 5. The van der Waals surface area contributed by atoms with Crippen LogP contribution in [0.15, 0.2) is 162 Å². The highest BCUT2D eigenvalue weighted by Crippen LogP contribution is 2.48. The van der Waals surface area contributed by atoms with Crippen LogP contribution in [0.2, 0.25) is 0 Å². The van der Waals surface area contributed by atoms with E-state index >= 15 is 0 Å². The lowest BCUT2D eigenvalue weighted by molar-refractivity contribution is 0.670. The van der Waals surface area contributed by atoms with Crippen molar-refractivity contribution in [1.82, 2.24) is 15.0 Å². The van der Waals surface area contributed by atoms with Gasteiger partial charge in [0.2, 0.25) is 0 Å². The van der Waals surface area contributed by atoms with E-state index in [1.165, 1.54) is 53.4 Å². The standard InChI is InChI=1S/C54H37N3OS/c1-32-18-26-40-38(30-32)25-29-47-49(40)50-41(15-9-17-46(50)59-47)42-27-28-44(48-43-14-7-8-16-45(43)58-51(42)48)54-56-52(36-22-19-35(20-23-36)33-10-3-2-4-11-33)55-53(57-54)39-24-21-34-12-5-6-13-37(34)31-39/h2-19,21-22,24-29,31-32H,20,23,30H2,1H3. The summed E-state index contributed by atoms with van der Waals surface area (Å²) in [6.45, 7) is 2.30. The fourth-order valence-corrected chi connectivity index (χ4v) is 10.4. The first-order chi connectivity index (χ1) is 29.1. The fourth-order valence-electron chi connectivity index (χ4n) is 9.29. The zero-order valence-corrected chi connectivity index (χ0v) is 33.3. The van der Waals surface area contributed by atoms with Gasteiger partial charge in [-0.15, -0.1) is 11.3 Å². The SMILES string of the molecule is CC1C=Cc2c(ccc3sc4cccc(-c5ccc(-c6nc(C7=CC=C(c8ccccc8)CC7)nc(-c7ccc8ccccc8c7)n6)c6c5oc5ccccc56)c4c23)C1. The minimum atomic E-state index is 0.530. The summed E-state index contributed by atoms with van der Waals surface area (Å²) in [5, 5.41) is 7.00. The summed E-state index contributed by atoms with van der Waals surface area (Å²) in [7, 11) is 0. The Balaban J connectivity index is 1.09. The van der Waals surface area contributed by atoms with Crippen LogP contribution in [-0.2, 0) is 6.42 Å². The molecule has 3 heterocycles. The van der Waals surface area contributed by atoms with E-state index in [1.807, 2.05) is 17.4 Å². The van der Waals surface area contributed by atoms with Gasteiger partial charge in [-0.2, -0.15) is 0 Å². The van der Waals surface area contributed by atoms with Crippen molar-refractivity contribution >= 4 is 81.4 Å². The van der Waals surface area contributed by atoms with E-state index in [9.17, 15) is 0 Å². The van der Waals surface area contributed by atoms with Gasteiger partial charge in [0, 0.05) is 47.6 Å². The van der Waals surface area contributed by atoms with Gasteiger partial charge in [-0.05, 0) is 106 Å². The van der Waals surface area contributed by atoms with Crippen molar-refractivity contribution in [2.75, 3.05) is 0 Å². The molecule has 0 spiro atoms. The van der Waals surface area contributed by atoms with Crippen molar-refractivity contribution < 1.29 is 4.42 Å². The molecular formula is C54H37N3OS. The van der Waals surface area contributed by atoms with Gasteiger partial charge in [0.25, 0.3) is 0 Å². The first kappa shape index (κ1) is 34.1. The van der Waals surface area contributed by atoms with Gasteiger partial charge < -0.3 is 4.42 Å². The second kappa shape index (κ2) is 13.6. The molecule has 1 unspecified atom stereocenters. The van der Waals surface area contributed by atoms with E-state index in [2.05, 4.69) is 165 Å². The zero-order valence-electron chi connectivity index (χ0n) is 32.4. The molecule has 2 aliphatic carbocycles. The Morgan fingerprint density at radius 3 is 2.22 bits per heavy atom. The molecule has 7 aromatic carbocycles. The molecule has 0 amide bonds. The van der Waals surface area contributed by atoms with Crippen LogP contribution >= 0.6 is 11.3 Å². The number of para-hydroxylation sites is 1. The van der Waals surface area contributed by atoms with Crippen LogP contribution in [0.1, 0.15) is 42.3 Å². The predicted octanol–water partition coefficient (Wildman–Crippen LogP) is 14.8. The molecule has 0 bridgehead atoms. The minimum absolute atomic E-state index is 0.530. The van der Waals surface area contributed by atoms with E-state index in [0.717, 1.165) is 68.9 Å². The van der Waals surface area contributed by atoms with Crippen molar-refractivity contribution in [3.8, 4) is 33.9 Å². The monoisotopic (exact) mass is 775 g/mol. The molecule has 0 aliphatic heterocycles. The summed E-state index contributed by atoms with van der Waals surface area (Å²) >= 11 is 1.87. The largest absolute Gasteiger partial charge is 0.455 e. The predicted molar refractivity (Wildman–Crippen MR) is 247 cm³/mol. The Morgan fingerprint density at radius 1 is 0.559 bits per heavy atom. The lowest BCUT2D eigenvalue weighted by Gasteiger charge is -2.17. The highest BCUT2D eigenvalue weighted by Gasteiger charge is 2.24. The molecule has 2 aliphatic rings. The second-order valence-corrected chi connectivity index (χ2v) is 17.0. The molecule has 59 heavy (non-hydrogen) atoms. The van der Waals surface area contributed by atoms with E-state index in [-0.39, 0.29) is 0 Å². The highest BCUT2D eigenvalue weighted by atomic mass is 32.1. The third kappa shape index (κ3) is 5.68. The molecular weight excluding hydrogens is 739 g/mol. The summed E-state index contributed by atoms with van der Waals surface area (Å²) in [6, 6.07) is 49.7. The van der Waals surface area contributed by atoms with Crippen LogP contribution in [0.3, 0.4) is 0 Å². The maximum atomic E-state index is 6.93. The topological polar surface area (TPSA) is 51.8 Å². The Labute approximate surface area is 345 Å². The zero-order chi connectivity index (χ0) is 39.0. The van der Waals surface area contributed by atoms with Crippen molar-refractivity contribution in [3.63, 3.8) is 0 Å². The van der Waals surface area contributed by atoms with Crippen LogP contribution in [0.4, 0.5) is 0 Å². The lowest BCUT2D eigenvalue weighted by Crippen LogP contribution is -2.05. The van der Waals surface area contributed by atoms with Crippen molar-refractivity contribution in [2.45, 2.75) is 26.2 Å². The highest BCUT2D eigenvalue weighted by molar-refractivity contribution is 7.26. The van der Waals surface area contributed by atoms with Crippen molar-refractivity contribution in [3.05, 3.63) is 180 Å². The summed E-state index contributed by atoms with van der Waals surface area (Å²) in [5.74, 6) is 2.52. The number of furan rings is 1. The molecule has 12 rings (SSSR count). The average Bonchev–Trinajstić information content (AvgIpc) is 3.88. The fraction of sp³-hybridized carbons (Fsp3) is 0.0926. The van der Waals surface area contributed by atoms with E-state index in [1.54, 1.807) is 0 Å². The van der Waals surface area contributed by atoms with Gasteiger partial charge in [0.05, 0.1) is 0 Å². The summed E-state index contributed by atoms with van der Waals surface area (Å²) in [5.41, 5.74) is 12.2. The molecule has 0 saturated carbocycles. The molecule has 1 atom stereocenters. The number of hydrogen-bond donors (Lipinski definition) is 0. The molecule has 0 fully saturated rings. The van der Waals surface area contributed by atoms with Crippen molar-refractivity contribution in [1.29, 1.82) is 0 Å². The minimum Gasteiger partial charge on any atom is -0.455 e. The normalized spacial score (nSPS) is 15.3. The summed E-state index contributed by atoms with van der Waals surface area (Å²) in [4.78, 5) is 15.8. The maximum Gasteiger partial charge on any atom is 0.164 e. The second-order valence-electron chi connectivity index (χ2n) is 15.9. The summed E-state index contributed by atoms with van der Waals surface area (Å²) in [6.07, 6.45) is 11.9. The molecule has 0 radical (unpaired) electrons. The maximum absolute atomic E-state index is 6.93. The number of aromatic nitrogens is 3. The van der Waals surface area contributed by atoms with Gasteiger partial charge >= 0.3 is 0 Å². The molecule has 0 saturated heterocycles. The first-order valence-electron chi connectivity index (χ1n) is 20.4. The Hall–Kier alpha value is -6.95. The van der Waals surface area contributed by atoms with Gasteiger partial charge in [-0.3, -0.25) is 0 Å². The lowest BCUT2D eigenvalue weighted by atomic mass is 9.87. The molecule has 4 nitrogen and oxygen atoms in total. The number of hydrogen-bond acceptors (Lipinski definition) is 5. The summed E-state index contributed by atoms with van der Waals surface area (Å²) < 4.78 is 9.51. The Morgan fingerprint density at radius 2 is 1.32 bits per heavy atom.